The lowest BCUT2D eigenvalue weighted by Gasteiger charge is -2.19. The van der Waals surface area contributed by atoms with Crippen molar-refractivity contribution in [2.75, 3.05) is 12.0 Å². The van der Waals surface area contributed by atoms with Gasteiger partial charge in [-0.2, -0.15) is 11.8 Å². The summed E-state index contributed by atoms with van der Waals surface area (Å²) in [7, 11) is 0. The van der Waals surface area contributed by atoms with Crippen molar-refractivity contribution in [2.45, 2.75) is 45.2 Å². The number of hydrogen-bond acceptors (Lipinski definition) is 3. The summed E-state index contributed by atoms with van der Waals surface area (Å²) in [5, 5.41) is 14.2. The minimum Gasteiger partial charge on any atom is -0.480 e. The van der Waals surface area contributed by atoms with E-state index in [-0.39, 0.29) is 6.04 Å². The zero-order chi connectivity index (χ0) is 13.3. The van der Waals surface area contributed by atoms with Crippen LogP contribution in [0.2, 0.25) is 0 Å². The summed E-state index contributed by atoms with van der Waals surface area (Å²) in [6.07, 6.45) is 3.97. The van der Waals surface area contributed by atoms with Gasteiger partial charge in [0, 0.05) is 11.8 Å². The van der Waals surface area contributed by atoms with E-state index in [0.29, 0.717) is 6.42 Å². The molecule has 6 heteroatoms. The van der Waals surface area contributed by atoms with Gasteiger partial charge in [0.05, 0.1) is 0 Å². The Labute approximate surface area is 107 Å². The standard InChI is InChI=1S/C11H22N2O3S/c1-4-6-9(10(14)15)13-11(16)12-8(5-2)7-17-3/h8-9H,4-7H2,1-3H3,(H,14,15)(H2,12,13,16). The number of aliphatic carboxylic acids is 1. The maximum Gasteiger partial charge on any atom is 0.326 e. The lowest BCUT2D eigenvalue weighted by Crippen LogP contribution is -2.49. The van der Waals surface area contributed by atoms with Gasteiger partial charge in [-0.05, 0) is 19.1 Å². The molecular formula is C11H22N2O3S. The maximum absolute atomic E-state index is 11.6. The van der Waals surface area contributed by atoms with Crippen molar-refractivity contribution in [2.24, 2.45) is 0 Å². The van der Waals surface area contributed by atoms with Gasteiger partial charge in [-0.3, -0.25) is 0 Å². The Morgan fingerprint density at radius 1 is 1.29 bits per heavy atom. The van der Waals surface area contributed by atoms with Crippen LogP contribution in [0.5, 0.6) is 0 Å². The van der Waals surface area contributed by atoms with Crippen molar-refractivity contribution in [3.05, 3.63) is 0 Å². The minimum absolute atomic E-state index is 0.0843. The van der Waals surface area contributed by atoms with Crippen LogP contribution in [0.15, 0.2) is 0 Å². The van der Waals surface area contributed by atoms with Crippen molar-refractivity contribution < 1.29 is 14.7 Å². The van der Waals surface area contributed by atoms with Crippen molar-refractivity contribution in [1.82, 2.24) is 10.6 Å². The molecule has 5 nitrogen and oxygen atoms in total. The highest BCUT2D eigenvalue weighted by Gasteiger charge is 2.19. The van der Waals surface area contributed by atoms with Crippen molar-refractivity contribution in [3.63, 3.8) is 0 Å². The van der Waals surface area contributed by atoms with Crippen LogP contribution in [-0.2, 0) is 4.79 Å². The molecule has 0 rings (SSSR count). The van der Waals surface area contributed by atoms with Gasteiger partial charge < -0.3 is 15.7 Å². The van der Waals surface area contributed by atoms with E-state index in [9.17, 15) is 9.59 Å². The highest BCUT2D eigenvalue weighted by molar-refractivity contribution is 7.98. The van der Waals surface area contributed by atoms with E-state index in [1.807, 2.05) is 20.1 Å². The summed E-state index contributed by atoms with van der Waals surface area (Å²) < 4.78 is 0. The number of urea groups is 1. The first-order chi connectivity index (χ1) is 8.04. The first-order valence-electron chi connectivity index (χ1n) is 5.83. The van der Waals surface area contributed by atoms with E-state index < -0.39 is 18.0 Å². The molecule has 3 N–H and O–H groups in total. The molecule has 0 aromatic heterocycles. The Balaban J connectivity index is 4.16. The molecule has 2 amide bonds. The van der Waals surface area contributed by atoms with Gasteiger partial charge in [-0.1, -0.05) is 20.3 Å². The van der Waals surface area contributed by atoms with E-state index >= 15 is 0 Å². The smallest absolute Gasteiger partial charge is 0.326 e. The van der Waals surface area contributed by atoms with Crippen LogP contribution in [0, 0.1) is 0 Å². The average molecular weight is 262 g/mol. The number of hydrogen-bond donors (Lipinski definition) is 3. The predicted molar refractivity (Wildman–Crippen MR) is 70.5 cm³/mol. The number of carboxylic acid groups (broad SMARTS) is 1. The molecule has 2 unspecified atom stereocenters. The molecule has 0 bridgehead atoms. The van der Waals surface area contributed by atoms with Gasteiger partial charge in [0.1, 0.15) is 6.04 Å². The Kier molecular flexibility index (Phi) is 8.66. The van der Waals surface area contributed by atoms with Crippen molar-refractivity contribution in [1.29, 1.82) is 0 Å². The summed E-state index contributed by atoms with van der Waals surface area (Å²) in [5.41, 5.74) is 0. The Bertz CT molecular complexity index is 249. The molecule has 0 spiro atoms. The fourth-order valence-electron chi connectivity index (χ4n) is 1.39. The van der Waals surface area contributed by atoms with Gasteiger partial charge in [0.15, 0.2) is 0 Å². The monoisotopic (exact) mass is 262 g/mol. The van der Waals surface area contributed by atoms with Gasteiger partial charge >= 0.3 is 12.0 Å². The number of amides is 2. The SMILES string of the molecule is CCCC(NC(=O)NC(CC)CSC)C(=O)O. The molecule has 100 valence electrons. The highest BCUT2D eigenvalue weighted by Crippen LogP contribution is 2.01. The van der Waals surface area contributed by atoms with E-state index in [1.165, 1.54) is 0 Å². The molecule has 0 saturated carbocycles. The molecule has 0 aromatic rings. The zero-order valence-corrected chi connectivity index (χ0v) is 11.5. The summed E-state index contributed by atoms with van der Waals surface area (Å²) in [4.78, 5) is 22.4. The van der Waals surface area contributed by atoms with E-state index in [1.54, 1.807) is 11.8 Å². The highest BCUT2D eigenvalue weighted by atomic mass is 32.2. The molecule has 0 saturated heterocycles. The summed E-state index contributed by atoms with van der Waals surface area (Å²) in [6, 6.07) is -1.11. The molecule has 0 heterocycles. The molecule has 17 heavy (non-hydrogen) atoms. The molecule has 2 atom stereocenters. The zero-order valence-electron chi connectivity index (χ0n) is 10.7. The number of carbonyl (C=O) groups is 2. The normalized spacial score (nSPS) is 13.8. The van der Waals surface area contributed by atoms with Crippen LogP contribution in [0.3, 0.4) is 0 Å². The lowest BCUT2D eigenvalue weighted by atomic mass is 10.2. The second-order valence-corrected chi connectivity index (χ2v) is 4.77. The van der Waals surface area contributed by atoms with E-state index in [4.69, 9.17) is 5.11 Å². The number of nitrogens with one attached hydrogen (secondary N) is 2. The van der Waals surface area contributed by atoms with E-state index in [0.717, 1.165) is 18.6 Å². The summed E-state index contributed by atoms with van der Waals surface area (Å²) in [6.45, 7) is 3.87. The third kappa shape index (κ3) is 7.10. The lowest BCUT2D eigenvalue weighted by molar-refractivity contribution is -0.139. The van der Waals surface area contributed by atoms with E-state index in [2.05, 4.69) is 10.6 Å². The molecule has 0 aliphatic heterocycles. The third-order valence-corrected chi connectivity index (χ3v) is 3.11. The van der Waals surface area contributed by atoms with Crippen LogP contribution < -0.4 is 10.6 Å². The number of thioether (sulfide) groups is 1. The minimum atomic E-state index is -0.986. The fraction of sp³-hybridized carbons (Fsp3) is 0.818. The Morgan fingerprint density at radius 2 is 1.94 bits per heavy atom. The largest absolute Gasteiger partial charge is 0.480 e. The van der Waals surface area contributed by atoms with Crippen LogP contribution >= 0.6 is 11.8 Å². The topological polar surface area (TPSA) is 78.4 Å². The van der Waals surface area contributed by atoms with Gasteiger partial charge in [-0.25, -0.2) is 9.59 Å². The number of carboxylic acids is 1. The molecule has 0 aliphatic carbocycles. The fourth-order valence-corrected chi connectivity index (χ4v) is 2.12. The van der Waals surface area contributed by atoms with Crippen LogP contribution in [0.25, 0.3) is 0 Å². The Hall–Kier alpha value is -0.910. The molecule has 0 radical (unpaired) electrons. The quantitative estimate of drug-likeness (QED) is 0.622. The van der Waals surface area contributed by atoms with Crippen molar-refractivity contribution in [3.8, 4) is 0 Å². The third-order valence-electron chi connectivity index (χ3n) is 2.38. The van der Waals surface area contributed by atoms with Gasteiger partial charge in [0.2, 0.25) is 0 Å². The molecular weight excluding hydrogens is 240 g/mol. The maximum atomic E-state index is 11.6. The molecule has 0 fully saturated rings. The van der Waals surface area contributed by atoms with Gasteiger partial charge in [-0.15, -0.1) is 0 Å². The summed E-state index contributed by atoms with van der Waals surface area (Å²) >= 11 is 1.65. The van der Waals surface area contributed by atoms with Crippen LogP contribution in [-0.4, -0.2) is 41.2 Å². The number of rotatable bonds is 8. The van der Waals surface area contributed by atoms with Crippen LogP contribution in [0.4, 0.5) is 4.79 Å². The first-order valence-corrected chi connectivity index (χ1v) is 7.23. The molecule has 0 aliphatic rings. The van der Waals surface area contributed by atoms with Gasteiger partial charge in [0.25, 0.3) is 0 Å². The Morgan fingerprint density at radius 3 is 2.35 bits per heavy atom. The van der Waals surface area contributed by atoms with Crippen molar-refractivity contribution >= 4 is 23.8 Å². The number of carbonyl (C=O) groups excluding carboxylic acids is 1. The van der Waals surface area contributed by atoms with Crippen LogP contribution in [0.1, 0.15) is 33.1 Å². The second-order valence-electron chi connectivity index (χ2n) is 3.86. The predicted octanol–water partition coefficient (Wildman–Crippen LogP) is 1.68. The summed E-state index contributed by atoms with van der Waals surface area (Å²) in [5.74, 6) is -0.157. The first kappa shape index (κ1) is 16.1. The second kappa shape index (κ2) is 9.15. The average Bonchev–Trinajstić information content (AvgIpc) is 2.27. The molecule has 0 aromatic carbocycles.